The maximum absolute atomic E-state index is 11.0. The lowest BCUT2D eigenvalue weighted by Gasteiger charge is -2.39. The lowest BCUT2D eigenvalue weighted by molar-refractivity contribution is -0.143. The van der Waals surface area contributed by atoms with Crippen LogP contribution in [-0.4, -0.2) is 24.7 Å². The van der Waals surface area contributed by atoms with Gasteiger partial charge in [0.05, 0.1) is 13.0 Å². The van der Waals surface area contributed by atoms with Crippen LogP contribution >= 0.6 is 0 Å². The molecule has 0 bridgehead atoms. The summed E-state index contributed by atoms with van der Waals surface area (Å²) in [4.78, 5) is 11.0. The Balaban J connectivity index is 2.03. The first-order valence-corrected chi connectivity index (χ1v) is 5.07. The van der Waals surface area contributed by atoms with Gasteiger partial charge in [0, 0.05) is 12.1 Å². The average molecular weight is 185 g/mol. The van der Waals surface area contributed by atoms with E-state index >= 15 is 0 Å². The van der Waals surface area contributed by atoms with Crippen molar-refractivity contribution in [2.24, 2.45) is 0 Å². The molecule has 0 unspecified atom stereocenters. The molecule has 1 aliphatic rings. The van der Waals surface area contributed by atoms with Crippen molar-refractivity contribution < 1.29 is 9.53 Å². The van der Waals surface area contributed by atoms with Crippen LogP contribution in [0.5, 0.6) is 0 Å². The molecule has 0 heterocycles. The highest BCUT2D eigenvalue weighted by molar-refractivity contribution is 5.69. The number of carbonyl (C=O) groups excluding carboxylic acids is 1. The Labute approximate surface area is 79.8 Å². The standard InChI is InChI=1S/C10H19NO2/c1-3-13-9(12)5-8-11-10(2)6-4-7-10/h11H,3-8H2,1-2H3. The molecule has 1 rings (SSSR count). The third-order valence-electron chi connectivity index (χ3n) is 2.64. The van der Waals surface area contributed by atoms with Crippen molar-refractivity contribution in [2.75, 3.05) is 13.2 Å². The van der Waals surface area contributed by atoms with Crippen molar-refractivity contribution >= 4 is 5.97 Å². The molecule has 0 atom stereocenters. The summed E-state index contributed by atoms with van der Waals surface area (Å²) < 4.78 is 4.83. The summed E-state index contributed by atoms with van der Waals surface area (Å²) in [6.07, 6.45) is 4.26. The van der Waals surface area contributed by atoms with Crippen LogP contribution in [0.3, 0.4) is 0 Å². The highest BCUT2D eigenvalue weighted by atomic mass is 16.5. The van der Waals surface area contributed by atoms with E-state index in [1.165, 1.54) is 19.3 Å². The number of hydrogen-bond donors (Lipinski definition) is 1. The molecular weight excluding hydrogens is 166 g/mol. The topological polar surface area (TPSA) is 38.3 Å². The number of esters is 1. The molecule has 1 fully saturated rings. The Bertz CT molecular complexity index is 176. The number of carbonyl (C=O) groups is 1. The van der Waals surface area contributed by atoms with Gasteiger partial charge in [0.2, 0.25) is 0 Å². The second-order valence-corrected chi connectivity index (χ2v) is 3.90. The fraction of sp³-hybridized carbons (Fsp3) is 0.900. The van der Waals surface area contributed by atoms with Gasteiger partial charge in [-0.25, -0.2) is 0 Å². The third kappa shape index (κ3) is 3.35. The fourth-order valence-corrected chi connectivity index (χ4v) is 1.58. The summed E-state index contributed by atoms with van der Waals surface area (Å²) >= 11 is 0. The van der Waals surface area contributed by atoms with Gasteiger partial charge in [-0.3, -0.25) is 4.79 Å². The molecule has 0 aromatic heterocycles. The van der Waals surface area contributed by atoms with Gasteiger partial charge in [-0.15, -0.1) is 0 Å². The van der Waals surface area contributed by atoms with Crippen LogP contribution in [0.15, 0.2) is 0 Å². The molecule has 0 radical (unpaired) electrons. The normalized spacial score (nSPS) is 19.2. The molecule has 1 saturated carbocycles. The molecule has 0 aromatic rings. The number of nitrogens with one attached hydrogen (secondary N) is 1. The molecule has 0 aromatic carbocycles. The molecule has 1 N–H and O–H groups in total. The summed E-state index contributed by atoms with van der Waals surface area (Å²) in [7, 11) is 0. The van der Waals surface area contributed by atoms with E-state index in [1.807, 2.05) is 6.92 Å². The largest absolute Gasteiger partial charge is 0.466 e. The van der Waals surface area contributed by atoms with Crippen LogP contribution in [0.4, 0.5) is 0 Å². The molecule has 3 nitrogen and oxygen atoms in total. The minimum absolute atomic E-state index is 0.0991. The quantitative estimate of drug-likeness (QED) is 0.659. The van der Waals surface area contributed by atoms with Crippen molar-refractivity contribution in [2.45, 2.75) is 45.1 Å². The highest BCUT2D eigenvalue weighted by Gasteiger charge is 2.30. The summed E-state index contributed by atoms with van der Waals surface area (Å²) in [5, 5.41) is 3.38. The van der Waals surface area contributed by atoms with Gasteiger partial charge in [-0.2, -0.15) is 0 Å². The van der Waals surface area contributed by atoms with Gasteiger partial charge in [0.15, 0.2) is 0 Å². The lowest BCUT2D eigenvalue weighted by Crippen LogP contribution is -2.48. The molecule has 3 heteroatoms. The summed E-state index contributed by atoms with van der Waals surface area (Å²) in [5.41, 5.74) is 0.298. The number of rotatable bonds is 5. The Hall–Kier alpha value is -0.570. The van der Waals surface area contributed by atoms with E-state index in [2.05, 4.69) is 12.2 Å². The SMILES string of the molecule is CCOC(=O)CCNC1(C)CCC1. The first kappa shape index (κ1) is 10.5. The van der Waals surface area contributed by atoms with E-state index in [1.54, 1.807) is 0 Å². The van der Waals surface area contributed by atoms with E-state index in [9.17, 15) is 4.79 Å². The number of ether oxygens (including phenoxy) is 1. The predicted molar refractivity (Wildman–Crippen MR) is 51.5 cm³/mol. The van der Waals surface area contributed by atoms with E-state index < -0.39 is 0 Å². The van der Waals surface area contributed by atoms with Crippen molar-refractivity contribution in [3.63, 3.8) is 0 Å². The zero-order valence-corrected chi connectivity index (χ0v) is 8.56. The van der Waals surface area contributed by atoms with Crippen molar-refractivity contribution in [1.29, 1.82) is 0 Å². The van der Waals surface area contributed by atoms with Gasteiger partial charge >= 0.3 is 5.97 Å². The maximum Gasteiger partial charge on any atom is 0.307 e. The van der Waals surface area contributed by atoms with Gasteiger partial charge in [-0.05, 0) is 33.1 Å². The molecule has 0 saturated heterocycles. The average Bonchev–Trinajstić information content (AvgIpc) is 2.02. The Morgan fingerprint density at radius 1 is 1.54 bits per heavy atom. The summed E-state index contributed by atoms with van der Waals surface area (Å²) in [6, 6.07) is 0. The first-order valence-electron chi connectivity index (χ1n) is 5.07. The molecule has 76 valence electrons. The molecule has 0 aliphatic heterocycles. The molecular formula is C10H19NO2. The smallest absolute Gasteiger partial charge is 0.307 e. The van der Waals surface area contributed by atoms with Gasteiger partial charge in [0.1, 0.15) is 0 Å². The Morgan fingerprint density at radius 3 is 2.69 bits per heavy atom. The zero-order valence-electron chi connectivity index (χ0n) is 8.56. The van der Waals surface area contributed by atoms with Crippen molar-refractivity contribution in [3.8, 4) is 0 Å². The lowest BCUT2D eigenvalue weighted by atomic mass is 9.78. The summed E-state index contributed by atoms with van der Waals surface area (Å²) in [6.45, 7) is 5.27. The first-order chi connectivity index (χ1) is 6.16. The number of hydrogen-bond acceptors (Lipinski definition) is 3. The Morgan fingerprint density at radius 2 is 2.23 bits per heavy atom. The van der Waals surface area contributed by atoms with Crippen LogP contribution in [0.2, 0.25) is 0 Å². The van der Waals surface area contributed by atoms with Gasteiger partial charge in [0.25, 0.3) is 0 Å². The fourth-order valence-electron chi connectivity index (χ4n) is 1.58. The van der Waals surface area contributed by atoms with Crippen LogP contribution < -0.4 is 5.32 Å². The summed E-state index contributed by atoms with van der Waals surface area (Å²) in [5.74, 6) is -0.0991. The highest BCUT2D eigenvalue weighted by Crippen LogP contribution is 2.30. The molecule has 13 heavy (non-hydrogen) atoms. The van der Waals surface area contributed by atoms with E-state index in [4.69, 9.17) is 4.74 Å². The Kier molecular flexibility index (Phi) is 3.72. The van der Waals surface area contributed by atoms with Crippen LogP contribution in [0.25, 0.3) is 0 Å². The maximum atomic E-state index is 11.0. The van der Waals surface area contributed by atoms with Crippen molar-refractivity contribution in [1.82, 2.24) is 5.32 Å². The second kappa shape index (κ2) is 4.61. The molecule has 0 spiro atoms. The minimum Gasteiger partial charge on any atom is -0.466 e. The van der Waals surface area contributed by atoms with Crippen LogP contribution in [0, 0.1) is 0 Å². The molecule has 1 aliphatic carbocycles. The van der Waals surface area contributed by atoms with Gasteiger partial charge < -0.3 is 10.1 Å². The van der Waals surface area contributed by atoms with Gasteiger partial charge in [-0.1, -0.05) is 0 Å². The minimum atomic E-state index is -0.0991. The third-order valence-corrected chi connectivity index (χ3v) is 2.64. The van der Waals surface area contributed by atoms with E-state index in [-0.39, 0.29) is 5.97 Å². The van der Waals surface area contributed by atoms with Crippen LogP contribution in [-0.2, 0) is 9.53 Å². The monoisotopic (exact) mass is 185 g/mol. The molecule has 0 amide bonds. The van der Waals surface area contributed by atoms with Crippen LogP contribution in [0.1, 0.15) is 39.5 Å². The predicted octanol–water partition coefficient (Wildman–Crippen LogP) is 1.47. The van der Waals surface area contributed by atoms with Crippen molar-refractivity contribution in [3.05, 3.63) is 0 Å². The second-order valence-electron chi connectivity index (χ2n) is 3.90. The van der Waals surface area contributed by atoms with E-state index in [0.717, 1.165) is 6.54 Å². The van der Waals surface area contributed by atoms with E-state index in [0.29, 0.717) is 18.6 Å². The zero-order chi connectivity index (χ0) is 9.73.